The van der Waals surface area contributed by atoms with Crippen molar-refractivity contribution in [3.8, 4) is 0 Å². The maximum Gasteiger partial charge on any atom is 0.0176 e. The minimum Gasteiger partial charge on any atom is -0.126 e. The Hall–Kier alpha value is 0.530. The lowest BCUT2D eigenvalue weighted by molar-refractivity contribution is 0.770. The van der Waals surface area contributed by atoms with Crippen molar-refractivity contribution in [3.05, 3.63) is 28.7 Å². The van der Waals surface area contributed by atoms with Gasteiger partial charge in [-0.15, -0.1) is 11.8 Å². The van der Waals surface area contributed by atoms with E-state index in [1.807, 2.05) is 11.8 Å². The SMILES string of the molecule is CC(CBr)CSc1ccc(Br)cc1. The molecule has 0 radical (unpaired) electrons. The van der Waals surface area contributed by atoms with Gasteiger partial charge >= 0.3 is 0 Å². The molecule has 1 atom stereocenters. The molecule has 1 rings (SSSR count). The molecule has 0 fully saturated rings. The molecule has 1 unspecified atom stereocenters. The zero-order chi connectivity index (χ0) is 9.68. The van der Waals surface area contributed by atoms with E-state index in [9.17, 15) is 0 Å². The maximum atomic E-state index is 3.48. The normalized spacial score (nSPS) is 12.8. The quantitative estimate of drug-likeness (QED) is 0.577. The van der Waals surface area contributed by atoms with Crippen LogP contribution in [-0.2, 0) is 0 Å². The summed E-state index contributed by atoms with van der Waals surface area (Å²) in [5.74, 6) is 1.90. The van der Waals surface area contributed by atoms with Crippen LogP contribution in [0.5, 0.6) is 0 Å². The lowest BCUT2D eigenvalue weighted by Gasteiger charge is -2.06. The van der Waals surface area contributed by atoms with Gasteiger partial charge in [0.2, 0.25) is 0 Å². The van der Waals surface area contributed by atoms with Crippen LogP contribution in [0.2, 0.25) is 0 Å². The first kappa shape index (κ1) is 11.6. The molecule has 0 saturated carbocycles. The topological polar surface area (TPSA) is 0 Å². The maximum absolute atomic E-state index is 3.48. The van der Waals surface area contributed by atoms with E-state index in [4.69, 9.17) is 0 Å². The van der Waals surface area contributed by atoms with E-state index in [2.05, 4.69) is 63.0 Å². The highest BCUT2D eigenvalue weighted by molar-refractivity contribution is 9.10. The van der Waals surface area contributed by atoms with Crippen molar-refractivity contribution in [1.29, 1.82) is 0 Å². The second kappa shape index (κ2) is 6.10. The molecule has 0 bridgehead atoms. The first-order chi connectivity index (χ1) is 6.22. The molecule has 0 heterocycles. The molecule has 1 aromatic rings. The van der Waals surface area contributed by atoms with Gasteiger partial charge in [-0.25, -0.2) is 0 Å². The van der Waals surface area contributed by atoms with Crippen LogP contribution in [0.3, 0.4) is 0 Å². The number of benzene rings is 1. The molecule has 0 nitrogen and oxygen atoms in total. The van der Waals surface area contributed by atoms with Gasteiger partial charge in [0.05, 0.1) is 0 Å². The molecule has 0 spiro atoms. The van der Waals surface area contributed by atoms with Crippen LogP contribution in [0.1, 0.15) is 6.92 Å². The number of hydrogen-bond acceptors (Lipinski definition) is 1. The van der Waals surface area contributed by atoms with Crippen molar-refractivity contribution in [3.63, 3.8) is 0 Å². The summed E-state index contributed by atoms with van der Waals surface area (Å²) < 4.78 is 1.14. The summed E-state index contributed by atoms with van der Waals surface area (Å²) in [5, 5.41) is 1.08. The fourth-order valence-corrected chi connectivity index (χ4v) is 2.53. The van der Waals surface area contributed by atoms with E-state index in [-0.39, 0.29) is 0 Å². The Balaban J connectivity index is 2.41. The largest absolute Gasteiger partial charge is 0.126 e. The van der Waals surface area contributed by atoms with Gasteiger partial charge in [0.1, 0.15) is 0 Å². The average Bonchev–Trinajstić information content (AvgIpc) is 2.16. The summed E-state index contributed by atoms with van der Waals surface area (Å²) in [6.07, 6.45) is 0. The lowest BCUT2D eigenvalue weighted by Crippen LogP contribution is -1.98. The second-order valence-corrected chi connectivity index (χ2v) is 5.68. The van der Waals surface area contributed by atoms with Gasteiger partial charge in [0.15, 0.2) is 0 Å². The summed E-state index contributed by atoms with van der Waals surface area (Å²) in [5.41, 5.74) is 0. The molecule has 0 aliphatic rings. The van der Waals surface area contributed by atoms with E-state index in [1.165, 1.54) is 10.6 Å². The Bertz CT molecular complexity index is 246. The molecular weight excluding hydrogens is 312 g/mol. The Labute approximate surface area is 101 Å². The van der Waals surface area contributed by atoms with Crippen LogP contribution in [0, 0.1) is 5.92 Å². The highest BCUT2D eigenvalue weighted by Crippen LogP contribution is 2.23. The summed E-state index contributed by atoms with van der Waals surface area (Å²) in [6, 6.07) is 8.47. The average molecular weight is 324 g/mol. The minimum absolute atomic E-state index is 0.730. The minimum atomic E-state index is 0.730. The first-order valence-corrected chi connectivity index (χ1v) is 7.06. The fourth-order valence-electron chi connectivity index (χ4n) is 0.814. The highest BCUT2D eigenvalue weighted by atomic mass is 79.9. The van der Waals surface area contributed by atoms with Gasteiger partial charge in [-0.3, -0.25) is 0 Å². The summed E-state index contributed by atoms with van der Waals surface area (Å²) in [4.78, 5) is 1.34. The third-order valence-electron chi connectivity index (χ3n) is 1.61. The van der Waals surface area contributed by atoms with Gasteiger partial charge in [0.25, 0.3) is 0 Å². The zero-order valence-corrected chi connectivity index (χ0v) is 11.5. The van der Waals surface area contributed by atoms with E-state index in [0.29, 0.717) is 0 Å². The molecule has 13 heavy (non-hydrogen) atoms. The lowest BCUT2D eigenvalue weighted by atomic mass is 10.3. The van der Waals surface area contributed by atoms with Crippen molar-refractivity contribution < 1.29 is 0 Å². The molecule has 0 saturated heterocycles. The van der Waals surface area contributed by atoms with Gasteiger partial charge in [-0.05, 0) is 30.2 Å². The standard InChI is InChI=1S/C10H12Br2S/c1-8(6-11)7-13-10-4-2-9(12)3-5-10/h2-5,8H,6-7H2,1H3. The van der Waals surface area contributed by atoms with Gasteiger partial charge in [-0.1, -0.05) is 38.8 Å². The van der Waals surface area contributed by atoms with Crippen LogP contribution >= 0.6 is 43.6 Å². The summed E-state index contributed by atoms with van der Waals surface area (Å²) in [6.45, 7) is 2.25. The monoisotopic (exact) mass is 322 g/mol. The Morgan fingerprint density at radius 3 is 2.46 bits per heavy atom. The fraction of sp³-hybridized carbons (Fsp3) is 0.400. The first-order valence-electron chi connectivity index (χ1n) is 4.16. The van der Waals surface area contributed by atoms with E-state index < -0.39 is 0 Å². The molecule has 0 aromatic heterocycles. The summed E-state index contributed by atoms with van der Waals surface area (Å²) >= 11 is 8.81. The van der Waals surface area contributed by atoms with Crippen molar-refractivity contribution in [2.45, 2.75) is 11.8 Å². The van der Waals surface area contributed by atoms with Gasteiger partial charge in [-0.2, -0.15) is 0 Å². The second-order valence-electron chi connectivity index (χ2n) is 3.02. The number of halogens is 2. The third kappa shape index (κ3) is 4.52. The molecule has 72 valence electrons. The number of thioether (sulfide) groups is 1. The smallest absolute Gasteiger partial charge is 0.0176 e. The van der Waals surface area contributed by atoms with Crippen LogP contribution in [0.25, 0.3) is 0 Å². The van der Waals surface area contributed by atoms with Crippen molar-refractivity contribution in [2.75, 3.05) is 11.1 Å². The molecule has 0 N–H and O–H groups in total. The van der Waals surface area contributed by atoms with E-state index in [0.717, 1.165) is 15.7 Å². The van der Waals surface area contributed by atoms with Gasteiger partial charge in [0, 0.05) is 20.5 Å². The Morgan fingerprint density at radius 2 is 1.92 bits per heavy atom. The van der Waals surface area contributed by atoms with E-state index >= 15 is 0 Å². The third-order valence-corrected chi connectivity index (χ3v) is 4.59. The number of alkyl halides is 1. The molecule has 0 aliphatic heterocycles. The van der Waals surface area contributed by atoms with Crippen LogP contribution in [0.4, 0.5) is 0 Å². The molecule has 0 amide bonds. The molecule has 0 aliphatic carbocycles. The molecule has 1 aromatic carbocycles. The molecular formula is C10H12Br2S. The van der Waals surface area contributed by atoms with Crippen molar-refractivity contribution in [1.82, 2.24) is 0 Å². The Morgan fingerprint density at radius 1 is 1.31 bits per heavy atom. The summed E-state index contributed by atoms with van der Waals surface area (Å²) in [7, 11) is 0. The van der Waals surface area contributed by atoms with Gasteiger partial charge < -0.3 is 0 Å². The van der Waals surface area contributed by atoms with E-state index in [1.54, 1.807) is 0 Å². The predicted molar refractivity (Wildman–Crippen MR) is 67.8 cm³/mol. The zero-order valence-electron chi connectivity index (χ0n) is 7.47. The highest BCUT2D eigenvalue weighted by Gasteiger charge is 2.00. The van der Waals surface area contributed by atoms with Crippen molar-refractivity contribution >= 4 is 43.6 Å². The molecule has 3 heteroatoms. The number of rotatable bonds is 4. The van der Waals surface area contributed by atoms with Crippen LogP contribution < -0.4 is 0 Å². The van der Waals surface area contributed by atoms with Crippen molar-refractivity contribution in [2.24, 2.45) is 5.92 Å². The Kier molecular flexibility index (Phi) is 5.44. The number of hydrogen-bond donors (Lipinski definition) is 0. The van der Waals surface area contributed by atoms with Crippen LogP contribution in [-0.4, -0.2) is 11.1 Å². The van der Waals surface area contributed by atoms with Crippen LogP contribution in [0.15, 0.2) is 33.6 Å². The predicted octanol–water partition coefficient (Wildman–Crippen LogP) is 4.57.